The molecule has 0 fully saturated rings. The molecule has 4 nitrogen and oxygen atoms in total. The molecule has 2 aliphatic rings. The van der Waals surface area contributed by atoms with E-state index >= 15 is 0 Å². The van der Waals surface area contributed by atoms with E-state index in [0.29, 0.717) is 0 Å². The van der Waals surface area contributed by atoms with Crippen LogP contribution in [0.2, 0.25) is 0 Å². The van der Waals surface area contributed by atoms with Gasteiger partial charge in [-0.1, -0.05) is 109 Å². The van der Waals surface area contributed by atoms with Crippen molar-refractivity contribution in [3.05, 3.63) is 167 Å². The molecule has 1 spiro atoms. The quantitative estimate of drug-likeness (QED) is 0.231. The van der Waals surface area contributed by atoms with Gasteiger partial charge in [-0.3, -0.25) is 0 Å². The highest BCUT2D eigenvalue weighted by molar-refractivity contribution is 8.15. The normalized spacial score (nSPS) is 17.9. The summed E-state index contributed by atoms with van der Waals surface area (Å²) in [4.78, 5) is -0.786. The zero-order valence-corrected chi connectivity index (χ0v) is 23.2. The molecule has 0 unspecified atom stereocenters. The molecule has 40 heavy (non-hydrogen) atoms. The number of fused-ring (bicyclic) bond motifs is 2. The predicted octanol–water partition coefficient (Wildman–Crippen LogP) is 8.30. The standard InChI is InChI=1S/C35H28N4S/c1-25-22-23-26(2)31(24-25)33-30-20-12-13-21-32(30)35(38(36-33)28-16-8-4-9-17-28)39(29-18-10-5-11-19-29)37-34(40-35)27-14-6-3-7-15-27/h3-24H,1-2H3/t35-/m1/s1. The Morgan fingerprint density at radius 1 is 0.575 bits per heavy atom. The molecular formula is C35H28N4S. The first-order valence-corrected chi connectivity index (χ1v) is 14.3. The van der Waals surface area contributed by atoms with Crippen molar-refractivity contribution in [3.8, 4) is 0 Å². The Balaban J connectivity index is 1.54. The lowest BCUT2D eigenvalue weighted by atomic mass is 9.90. The highest BCUT2D eigenvalue weighted by Crippen LogP contribution is 2.55. The second-order valence-corrected chi connectivity index (χ2v) is 11.2. The first-order chi connectivity index (χ1) is 19.6. The molecule has 194 valence electrons. The van der Waals surface area contributed by atoms with Gasteiger partial charge in [-0.15, -0.1) is 0 Å². The zero-order chi connectivity index (χ0) is 27.1. The molecule has 5 aromatic rings. The molecule has 0 amide bonds. The third-order valence-corrected chi connectivity index (χ3v) is 8.77. The summed E-state index contributed by atoms with van der Waals surface area (Å²) in [6, 6.07) is 46.5. The maximum absolute atomic E-state index is 5.52. The molecule has 0 radical (unpaired) electrons. The monoisotopic (exact) mass is 536 g/mol. The molecule has 0 saturated carbocycles. The Morgan fingerprint density at radius 3 is 1.82 bits per heavy atom. The molecular weight excluding hydrogens is 508 g/mol. The average molecular weight is 537 g/mol. The minimum Gasteiger partial charge on any atom is -0.223 e. The van der Waals surface area contributed by atoms with E-state index < -0.39 is 4.99 Å². The van der Waals surface area contributed by atoms with Crippen molar-refractivity contribution in [2.75, 3.05) is 10.0 Å². The fourth-order valence-corrected chi connectivity index (χ4v) is 6.86. The summed E-state index contributed by atoms with van der Waals surface area (Å²) in [5, 5.41) is 16.1. The van der Waals surface area contributed by atoms with Gasteiger partial charge in [0.1, 0.15) is 5.04 Å². The van der Waals surface area contributed by atoms with Crippen LogP contribution in [0.15, 0.2) is 144 Å². The third-order valence-electron chi connectivity index (χ3n) is 7.41. The van der Waals surface area contributed by atoms with Gasteiger partial charge in [0, 0.05) is 22.3 Å². The number of thioether (sulfide) groups is 1. The van der Waals surface area contributed by atoms with Gasteiger partial charge < -0.3 is 0 Å². The van der Waals surface area contributed by atoms with Gasteiger partial charge in [0.15, 0.2) is 0 Å². The second kappa shape index (κ2) is 9.85. The lowest BCUT2D eigenvalue weighted by molar-refractivity contribution is 0.550. The van der Waals surface area contributed by atoms with Crippen LogP contribution in [-0.4, -0.2) is 10.8 Å². The van der Waals surface area contributed by atoms with E-state index in [1.165, 1.54) is 11.1 Å². The topological polar surface area (TPSA) is 31.2 Å². The van der Waals surface area contributed by atoms with Gasteiger partial charge in [-0.25, -0.2) is 10.0 Å². The first kappa shape index (κ1) is 24.4. The number of rotatable bonds is 4. The number of hydrazone groups is 2. The molecule has 2 heterocycles. The van der Waals surface area contributed by atoms with E-state index in [4.69, 9.17) is 10.2 Å². The highest BCUT2D eigenvalue weighted by Gasteiger charge is 2.55. The molecule has 0 N–H and O–H groups in total. The Labute approximate surface area is 239 Å². The van der Waals surface area contributed by atoms with Crippen LogP contribution >= 0.6 is 11.8 Å². The molecule has 0 bridgehead atoms. The Kier molecular flexibility index (Phi) is 6.02. The smallest absolute Gasteiger partial charge is 0.223 e. The van der Waals surface area contributed by atoms with Crippen LogP contribution in [0, 0.1) is 13.8 Å². The van der Waals surface area contributed by atoms with Crippen LogP contribution in [0.25, 0.3) is 0 Å². The zero-order valence-electron chi connectivity index (χ0n) is 22.4. The number of para-hydroxylation sites is 2. The van der Waals surface area contributed by atoms with E-state index in [1.807, 2.05) is 18.2 Å². The number of benzene rings is 5. The number of hydrogen-bond donors (Lipinski definition) is 0. The number of aryl methyl sites for hydroxylation is 2. The van der Waals surface area contributed by atoms with Crippen molar-refractivity contribution >= 4 is 33.9 Å². The Morgan fingerprint density at radius 2 is 1.15 bits per heavy atom. The molecule has 2 aliphatic heterocycles. The molecule has 0 aromatic heterocycles. The van der Waals surface area contributed by atoms with Gasteiger partial charge in [-0.05, 0) is 61.5 Å². The van der Waals surface area contributed by atoms with Crippen molar-refractivity contribution in [1.29, 1.82) is 0 Å². The van der Waals surface area contributed by atoms with E-state index in [9.17, 15) is 0 Å². The van der Waals surface area contributed by atoms with Crippen LogP contribution in [0.1, 0.15) is 33.4 Å². The summed E-state index contributed by atoms with van der Waals surface area (Å²) in [6.45, 7) is 4.30. The van der Waals surface area contributed by atoms with Crippen molar-refractivity contribution in [1.82, 2.24) is 0 Å². The third kappa shape index (κ3) is 3.93. The van der Waals surface area contributed by atoms with Gasteiger partial charge in [-0.2, -0.15) is 10.2 Å². The van der Waals surface area contributed by atoms with Crippen LogP contribution in [0.3, 0.4) is 0 Å². The lowest BCUT2D eigenvalue weighted by Gasteiger charge is -2.47. The fraction of sp³-hybridized carbons (Fsp3) is 0.0857. The van der Waals surface area contributed by atoms with Crippen LogP contribution in [0.4, 0.5) is 11.4 Å². The summed E-state index contributed by atoms with van der Waals surface area (Å²) < 4.78 is 0. The number of nitrogens with zero attached hydrogens (tertiary/aromatic N) is 4. The minimum absolute atomic E-state index is 0.786. The van der Waals surface area contributed by atoms with Crippen molar-refractivity contribution in [2.24, 2.45) is 10.2 Å². The van der Waals surface area contributed by atoms with E-state index in [2.05, 4.69) is 139 Å². The van der Waals surface area contributed by atoms with Crippen LogP contribution in [-0.2, 0) is 4.99 Å². The molecule has 0 aliphatic carbocycles. The van der Waals surface area contributed by atoms with E-state index in [-0.39, 0.29) is 0 Å². The van der Waals surface area contributed by atoms with Gasteiger partial charge in [0.05, 0.1) is 17.1 Å². The molecule has 0 saturated heterocycles. The Bertz CT molecular complexity index is 1750. The molecule has 1 atom stereocenters. The Hall–Kier alpha value is -4.61. The largest absolute Gasteiger partial charge is 0.234 e. The average Bonchev–Trinajstić information content (AvgIpc) is 3.41. The molecule has 5 heteroatoms. The maximum Gasteiger partial charge on any atom is 0.234 e. The molecule has 7 rings (SSSR count). The lowest BCUT2D eigenvalue weighted by Crippen LogP contribution is -2.54. The summed E-state index contributed by atoms with van der Waals surface area (Å²) >= 11 is 1.73. The van der Waals surface area contributed by atoms with Crippen LogP contribution in [0.5, 0.6) is 0 Å². The summed E-state index contributed by atoms with van der Waals surface area (Å²) in [5.41, 5.74) is 9.86. The summed E-state index contributed by atoms with van der Waals surface area (Å²) in [7, 11) is 0. The van der Waals surface area contributed by atoms with E-state index in [0.717, 1.165) is 44.4 Å². The van der Waals surface area contributed by atoms with Crippen molar-refractivity contribution in [2.45, 2.75) is 18.8 Å². The number of anilines is 2. The SMILES string of the molecule is Cc1ccc(C)c(C2=NN(c3ccccc3)[C@]3(SC(c4ccccc4)=NN3c3ccccc3)c3ccccc32)c1. The van der Waals surface area contributed by atoms with E-state index in [1.54, 1.807) is 11.8 Å². The van der Waals surface area contributed by atoms with Crippen molar-refractivity contribution < 1.29 is 0 Å². The number of hydrogen-bond acceptors (Lipinski definition) is 5. The van der Waals surface area contributed by atoms with Crippen molar-refractivity contribution in [3.63, 3.8) is 0 Å². The highest BCUT2D eigenvalue weighted by atomic mass is 32.2. The fourth-order valence-electron chi connectivity index (χ4n) is 5.46. The summed E-state index contributed by atoms with van der Waals surface area (Å²) in [5.74, 6) is 0. The minimum atomic E-state index is -0.786. The first-order valence-electron chi connectivity index (χ1n) is 13.4. The van der Waals surface area contributed by atoms with Gasteiger partial charge in [0.25, 0.3) is 0 Å². The summed E-state index contributed by atoms with van der Waals surface area (Å²) in [6.07, 6.45) is 0. The predicted molar refractivity (Wildman–Crippen MR) is 168 cm³/mol. The van der Waals surface area contributed by atoms with Gasteiger partial charge in [0.2, 0.25) is 4.99 Å². The second-order valence-electron chi connectivity index (χ2n) is 10.1. The maximum atomic E-state index is 5.52. The van der Waals surface area contributed by atoms with Crippen LogP contribution < -0.4 is 10.0 Å². The molecule has 5 aromatic carbocycles. The van der Waals surface area contributed by atoms with Gasteiger partial charge >= 0.3 is 0 Å².